The number of nitrogens with zero attached hydrogens (tertiary/aromatic N) is 2. The highest BCUT2D eigenvalue weighted by molar-refractivity contribution is 5.94. The van der Waals surface area contributed by atoms with Crippen LogP contribution in [-0.4, -0.2) is 42.4 Å². The molecule has 21 heavy (non-hydrogen) atoms. The van der Waals surface area contributed by atoms with E-state index in [4.69, 9.17) is 0 Å². The van der Waals surface area contributed by atoms with Gasteiger partial charge in [-0.25, -0.2) is 4.39 Å². The first-order valence-corrected chi connectivity index (χ1v) is 6.89. The monoisotopic (exact) mass is 295 g/mol. The van der Waals surface area contributed by atoms with Crippen LogP contribution in [0.4, 0.5) is 10.1 Å². The smallest absolute Gasteiger partial charge is 0.272 e. The van der Waals surface area contributed by atoms with Crippen LogP contribution < -0.4 is 5.32 Å². The third kappa shape index (κ3) is 3.75. The first-order valence-electron chi connectivity index (χ1n) is 6.89. The number of nitro groups is 1. The second kappa shape index (κ2) is 6.62. The summed E-state index contributed by atoms with van der Waals surface area (Å²) in [6.45, 7) is 2.42. The van der Waals surface area contributed by atoms with Crippen LogP contribution in [0.1, 0.15) is 23.2 Å². The van der Waals surface area contributed by atoms with Gasteiger partial charge in [-0.05, 0) is 37.9 Å². The second-order valence-electron chi connectivity index (χ2n) is 5.30. The molecule has 0 radical (unpaired) electrons. The number of benzene rings is 1. The Balaban J connectivity index is 2.06. The van der Waals surface area contributed by atoms with Crippen molar-refractivity contribution in [2.24, 2.45) is 5.92 Å². The fraction of sp³-hybridized carbons (Fsp3) is 0.500. The fourth-order valence-corrected chi connectivity index (χ4v) is 2.53. The van der Waals surface area contributed by atoms with Gasteiger partial charge in [0.25, 0.3) is 11.6 Å². The van der Waals surface area contributed by atoms with E-state index in [1.807, 2.05) is 0 Å². The Morgan fingerprint density at radius 3 is 2.71 bits per heavy atom. The Hall–Kier alpha value is -2.02. The lowest BCUT2D eigenvalue weighted by atomic mass is 9.97. The van der Waals surface area contributed by atoms with E-state index in [-0.39, 0.29) is 11.3 Å². The number of hydrogen-bond acceptors (Lipinski definition) is 4. The molecule has 0 saturated carbocycles. The topological polar surface area (TPSA) is 75.5 Å². The number of amides is 1. The summed E-state index contributed by atoms with van der Waals surface area (Å²) >= 11 is 0. The van der Waals surface area contributed by atoms with Crippen LogP contribution >= 0.6 is 0 Å². The quantitative estimate of drug-likeness (QED) is 0.679. The summed E-state index contributed by atoms with van der Waals surface area (Å²) in [5, 5.41) is 13.8. The van der Waals surface area contributed by atoms with Gasteiger partial charge in [0.15, 0.2) is 0 Å². The largest absolute Gasteiger partial charge is 0.341 e. The third-order valence-electron chi connectivity index (χ3n) is 3.73. The SMILES string of the molecule is CN(CC1CCNCC1)C(=O)c1ccc([N+](=O)[O-])cc1F. The van der Waals surface area contributed by atoms with Crippen LogP contribution in [0.3, 0.4) is 0 Å². The molecule has 2 rings (SSSR count). The molecule has 0 unspecified atom stereocenters. The van der Waals surface area contributed by atoms with Crippen molar-refractivity contribution in [3.63, 3.8) is 0 Å². The molecule has 1 fully saturated rings. The predicted molar refractivity (Wildman–Crippen MR) is 75.6 cm³/mol. The van der Waals surface area contributed by atoms with Gasteiger partial charge in [0.2, 0.25) is 0 Å². The van der Waals surface area contributed by atoms with Crippen molar-refractivity contribution in [3.05, 3.63) is 39.7 Å². The Morgan fingerprint density at radius 1 is 1.48 bits per heavy atom. The number of hydrogen-bond donors (Lipinski definition) is 1. The first kappa shape index (κ1) is 15.4. The number of rotatable bonds is 4. The molecule has 114 valence electrons. The van der Waals surface area contributed by atoms with Crippen LogP contribution in [0.5, 0.6) is 0 Å². The van der Waals surface area contributed by atoms with Gasteiger partial charge in [0.05, 0.1) is 16.6 Å². The van der Waals surface area contributed by atoms with E-state index < -0.39 is 16.6 Å². The van der Waals surface area contributed by atoms with Gasteiger partial charge in [-0.3, -0.25) is 14.9 Å². The molecular formula is C14H18FN3O3. The highest BCUT2D eigenvalue weighted by Crippen LogP contribution is 2.19. The normalized spacial score (nSPS) is 15.7. The molecule has 1 saturated heterocycles. The van der Waals surface area contributed by atoms with Gasteiger partial charge >= 0.3 is 0 Å². The van der Waals surface area contributed by atoms with Crippen LogP contribution in [0.25, 0.3) is 0 Å². The lowest BCUT2D eigenvalue weighted by Gasteiger charge is -2.27. The summed E-state index contributed by atoms with van der Waals surface area (Å²) in [5.41, 5.74) is -0.484. The molecule has 0 aromatic heterocycles. The van der Waals surface area contributed by atoms with Crippen molar-refractivity contribution in [1.29, 1.82) is 0 Å². The van der Waals surface area contributed by atoms with E-state index in [9.17, 15) is 19.3 Å². The molecule has 0 spiro atoms. The molecule has 1 aliphatic heterocycles. The number of nitro benzene ring substituents is 1. The van der Waals surface area contributed by atoms with Gasteiger partial charge in [-0.15, -0.1) is 0 Å². The molecule has 0 aliphatic carbocycles. The number of carbonyl (C=O) groups excluding carboxylic acids is 1. The van der Waals surface area contributed by atoms with E-state index in [1.165, 1.54) is 11.0 Å². The molecule has 6 nitrogen and oxygen atoms in total. The fourth-order valence-electron chi connectivity index (χ4n) is 2.53. The molecule has 0 atom stereocenters. The summed E-state index contributed by atoms with van der Waals surface area (Å²) in [5.74, 6) is -0.895. The zero-order chi connectivity index (χ0) is 15.4. The van der Waals surface area contributed by atoms with Crippen LogP contribution in [0, 0.1) is 21.8 Å². The summed E-state index contributed by atoms with van der Waals surface area (Å²) in [4.78, 5) is 23.6. The maximum absolute atomic E-state index is 13.8. The van der Waals surface area contributed by atoms with Crippen molar-refractivity contribution >= 4 is 11.6 Å². The highest BCUT2D eigenvalue weighted by atomic mass is 19.1. The molecule has 0 bridgehead atoms. The standard InChI is InChI=1S/C14H18FN3O3/c1-17(9-10-4-6-16-7-5-10)14(19)12-3-2-11(18(20)21)8-13(12)15/h2-3,8,10,16H,4-7,9H2,1H3. The van der Waals surface area contributed by atoms with E-state index in [2.05, 4.69) is 5.32 Å². The average Bonchev–Trinajstić information content (AvgIpc) is 2.47. The highest BCUT2D eigenvalue weighted by Gasteiger charge is 2.22. The zero-order valence-corrected chi connectivity index (χ0v) is 11.8. The zero-order valence-electron chi connectivity index (χ0n) is 11.8. The van der Waals surface area contributed by atoms with Gasteiger partial charge in [0.1, 0.15) is 5.82 Å². The lowest BCUT2D eigenvalue weighted by Crippen LogP contribution is -2.37. The molecule has 1 aromatic rings. The Labute approximate surface area is 122 Å². The van der Waals surface area contributed by atoms with Crippen molar-refractivity contribution in [2.75, 3.05) is 26.7 Å². The van der Waals surface area contributed by atoms with Gasteiger partial charge in [-0.1, -0.05) is 0 Å². The summed E-state index contributed by atoms with van der Waals surface area (Å²) in [6.07, 6.45) is 1.97. The molecular weight excluding hydrogens is 277 g/mol. The van der Waals surface area contributed by atoms with Crippen LogP contribution in [0.15, 0.2) is 18.2 Å². The minimum absolute atomic E-state index is 0.128. The van der Waals surface area contributed by atoms with Gasteiger partial charge in [0, 0.05) is 19.7 Å². The minimum atomic E-state index is -0.855. The van der Waals surface area contributed by atoms with Crippen LogP contribution in [0.2, 0.25) is 0 Å². The van der Waals surface area contributed by atoms with E-state index in [0.29, 0.717) is 12.5 Å². The average molecular weight is 295 g/mol. The molecule has 1 aromatic carbocycles. The van der Waals surface area contributed by atoms with Crippen molar-refractivity contribution in [2.45, 2.75) is 12.8 Å². The Morgan fingerprint density at radius 2 is 2.14 bits per heavy atom. The summed E-state index contributed by atoms with van der Waals surface area (Å²) in [6, 6.07) is 3.11. The van der Waals surface area contributed by atoms with Gasteiger partial charge < -0.3 is 10.2 Å². The van der Waals surface area contributed by atoms with E-state index >= 15 is 0 Å². The molecule has 7 heteroatoms. The number of halogens is 1. The van der Waals surface area contributed by atoms with Crippen molar-refractivity contribution in [1.82, 2.24) is 10.2 Å². The van der Waals surface area contributed by atoms with E-state index in [1.54, 1.807) is 7.05 Å². The molecule has 1 heterocycles. The molecule has 1 amide bonds. The number of non-ortho nitro benzene ring substituents is 1. The Kier molecular flexibility index (Phi) is 4.85. The Bertz CT molecular complexity index is 544. The second-order valence-corrected chi connectivity index (χ2v) is 5.30. The third-order valence-corrected chi connectivity index (χ3v) is 3.73. The number of carbonyl (C=O) groups is 1. The minimum Gasteiger partial charge on any atom is -0.341 e. The maximum atomic E-state index is 13.8. The summed E-state index contributed by atoms with van der Waals surface area (Å²) in [7, 11) is 1.63. The summed E-state index contributed by atoms with van der Waals surface area (Å²) < 4.78 is 13.8. The first-order chi connectivity index (χ1) is 9.99. The van der Waals surface area contributed by atoms with Gasteiger partial charge in [-0.2, -0.15) is 0 Å². The van der Waals surface area contributed by atoms with Crippen molar-refractivity contribution in [3.8, 4) is 0 Å². The number of nitrogens with one attached hydrogen (secondary N) is 1. The lowest BCUT2D eigenvalue weighted by molar-refractivity contribution is -0.385. The molecule has 1 aliphatic rings. The van der Waals surface area contributed by atoms with E-state index in [0.717, 1.165) is 38.1 Å². The molecule has 1 N–H and O–H groups in total. The maximum Gasteiger partial charge on any atom is 0.272 e. The predicted octanol–water partition coefficient (Wildman–Crippen LogP) is 1.81. The van der Waals surface area contributed by atoms with Crippen molar-refractivity contribution < 1.29 is 14.1 Å². The number of piperidine rings is 1. The van der Waals surface area contributed by atoms with Crippen LogP contribution in [-0.2, 0) is 0 Å².